The number of halogens is 2. The molecule has 0 unspecified atom stereocenters. The lowest BCUT2D eigenvalue weighted by Crippen LogP contribution is -2.02. The van der Waals surface area contributed by atoms with Crippen molar-refractivity contribution >= 4 is 34.2 Å². The van der Waals surface area contributed by atoms with Gasteiger partial charge in [-0.25, -0.2) is 9.97 Å². The van der Waals surface area contributed by atoms with Gasteiger partial charge < -0.3 is 0 Å². The molecule has 0 saturated heterocycles. The maximum absolute atomic E-state index is 6.27. The first-order valence-corrected chi connectivity index (χ1v) is 8.19. The Morgan fingerprint density at radius 3 is 2.35 bits per heavy atom. The predicted octanol–water partition coefficient (Wildman–Crippen LogP) is 5.28. The van der Waals surface area contributed by atoms with Crippen LogP contribution in [0.3, 0.4) is 0 Å². The van der Waals surface area contributed by atoms with Gasteiger partial charge in [0.15, 0.2) is 5.82 Å². The van der Waals surface area contributed by atoms with E-state index in [0.29, 0.717) is 5.15 Å². The third-order valence-electron chi connectivity index (χ3n) is 3.45. The topological polar surface area (TPSA) is 25.8 Å². The fourth-order valence-corrected chi connectivity index (χ4v) is 2.89. The van der Waals surface area contributed by atoms with Crippen molar-refractivity contribution < 1.29 is 0 Å². The third kappa shape index (κ3) is 3.14. The highest BCUT2D eigenvalue weighted by molar-refractivity contribution is 14.1. The van der Waals surface area contributed by atoms with E-state index in [2.05, 4.69) is 67.4 Å². The van der Waals surface area contributed by atoms with Crippen molar-refractivity contribution in [3.8, 4) is 11.4 Å². The number of rotatable bonds is 3. The number of nitrogens with zero attached hydrogens (tertiary/aromatic N) is 2. The van der Waals surface area contributed by atoms with E-state index in [-0.39, 0.29) is 0 Å². The van der Waals surface area contributed by atoms with Gasteiger partial charge in [-0.05, 0) is 72.5 Å². The molecule has 0 aliphatic heterocycles. The highest BCUT2D eigenvalue weighted by Gasteiger charge is 2.13. The highest BCUT2D eigenvalue weighted by Crippen LogP contribution is 2.28. The van der Waals surface area contributed by atoms with E-state index in [9.17, 15) is 0 Å². The second-order valence-electron chi connectivity index (χ2n) is 5.10. The van der Waals surface area contributed by atoms with E-state index in [1.807, 2.05) is 0 Å². The molecular weight excluding hydrogens is 383 g/mol. The number of aromatic nitrogens is 2. The summed E-state index contributed by atoms with van der Waals surface area (Å²) in [6, 6.07) is 4.33. The SMILES string of the molecule is CCCc1nc(-c2cc(C)c(C)cc2C)nc(Cl)c1I. The minimum atomic E-state index is 0.552. The lowest BCUT2D eigenvalue weighted by atomic mass is 10.0. The van der Waals surface area contributed by atoms with Crippen molar-refractivity contribution in [1.82, 2.24) is 9.97 Å². The molecule has 0 bridgehead atoms. The average Bonchev–Trinajstić information content (AvgIpc) is 2.39. The van der Waals surface area contributed by atoms with Gasteiger partial charge >= 0.3 is 0 Å². The lowest BCUT2D eigenvalue weighted by molar-refractivity contribution is 0.867. The first-order valence-electron chi connectivity index (χ1n) is 6.74. The zero-order chi connectivity index (χ0) is 14.9. The van der Waals surface area contributed by atoms with Gasteiger partial charge in [0.2, 0.25) is 0 Å². The highest BCUT2D eigenvalue weighted by atomic mass is 127. The molecule has 20 heavy (non-hydrogen) atoms. The summed E-state index contributed by atoms with van der Waals surface area (Å²) in [6.07, 6.45) is 1.98. The molecule has 0 spiro atoms. The molecule has 0 aliphatic rings. The summed E-state index contributed by atoms with van der Waals surface area (Å²) in [6.45, 7) is 8.47. The van der Waals surface area contributed by atoms with Crippen molar-refractivity contribution in [2.75, 3.05) is 0 Å². The maximum Gasteiger partial charge on any atom is 0.161 e. The second-order valence-corrected chi connectivity index (χ2v) is 6.54. The average molecular weight is 401 g/mol. The number of benzene rings is 1. The molecule has 2 rings (SSSR count). The molecular formula is C16H18ClIN2. The molecule has 0 saturated carbocycles. The first kappa shape index (κ1) is 15.7. The number of hydrogen-bond donors (Lipinski definition) is 0. The summed E-state index contributed by atoms with van der Waals surface area (Å²) in [5, 5.41) is 0.552. The van der Waals surface area contributed by atoms with Crippen LogP contribution >= 0.6 is 34.2 Å². The Balaban J connectivity index is 2.61. The van der Waals surface area contributed by atoms with Crippen molar-refractivity contribution in [1.29, 1.82) is 0 Å². The Labute approximate surface area is 139 Å². The Morgan fingerprint density at radius 2 is 1.70 bits per heavy atom. The van der Waals surface area contributed by atoms with Gasteiger partial charge in [0, 0.05) is 5.56 Å². The van der Waals surface area contributed by atoms with Gasteiger partial charge in [0.1, 0.15) is 5.15 Å². The van der Waals surface area contributed by atoms with Crippen LogP contribution < -0.4 is 0 Å². The van der Waals surface area contributed by atoms with Crippen molar-refractivity contribution in [3.63, 3.8) is 0 Å². The number of aryl methyl sites for hydroxylation is 4. The molecule has 1 aromatic carbocycles. The van der Waals surface area contributed by atoms with Crippen molar-refractivity contribution in [2.45, 2.75) is 40.5 Å². The summed E-state index contributed by atoms with van der Waals surface area (Å²) < 4.78 is 0.969. The largest absolute Gasteiger partial charge is 0.232 e. The minimum Gasteiger partial charge on any atom is -0.232 e. The minimum absolute atomic E-state index is 0.552. The molecule has 4 heteroatoms. The molecule has 2 aromatic rings. The van der Waals surface area contributed by atoms with Crippen molar-refractivity contribution in [3.05, 3.63) is 43.2 Å². The molecule has 0 N–H and O–H groups in total. The third-order valence-corrected chi connectivity index (χ3v) is 5.17. The van der Waals surface area contributed by atoms with Crippen LogP contribution in [0.15, 0.2) is 12.1 Å². The summed E-state index contributed by atoms with van der Waals surface area (Å²) in [5.74, 6) is 0.736. The molecule has 0 fully saturated rings. The van der Waals surface area contributed by atoms with Crippen LogP contribution in [0.25, 0.3) is 11.4 Å². The van der Waals surface area contributed by atoms with E-state index in [0.717, 1.165) is 33.5 Å². The quantitative estimate of drug-likeness (QED) is 0.517. The van der Waals surface area contributed by atoms with Crippen LogP contribution in [-0.4, -0.2) is 9.97 Å². The summed E-state index contributed by atoms with van der Waals surface area (Å²) in [7, 11) is 0. The maximum atomic E-state index is 6.27. The number of hydrogen-bond acceptors (Lipinski definition) is 2. The monoisotopic (exact) mass is 400 g/mol. The van der Waals surface area contributed by atoms with Gasteiger partial charge in [-0.1, -0.05) is 31.0 Å². The zero-order valence-corrected chi connectivity index (χ0v) is 15.1. The van der Waals surface area contributed by atoms with Gasteiger partial charge in [-0.15, -0.1) is 0 Å². The molecule has 0 atom stereocenters. The molecule has 1 heterocycles. The predicted molar refractivity (Wildman–Crippen MR) is 93.4 cm³/mol. The zero-order valence-electron chi connectivity index (χ0n) is 12.2. The van der Waals surface area contributed by atoms with Crippen molar-refractivity contribution in [2.24, 2.45) is 0 Å². The Bertz CT molecular complexity index is 653. The van der Waals surface area contributed by atoms with Crippen LogP contribution in [0.2, 0.25) is 5.15 Å². The Kier molecular flexibility index (Phi) is 5.02. The summed E-state index contributed by atoms with van der Waals surface area (Å²) in [5.41, 5.74) is 5.84. The van der Waals surface area contributed by atoms with E-state index < -0.39 is 0 Å². The van der Waals surface area contributed by atoms with Crippen LogP contribution in [0.4, 0.5) is 0 Å². The fourth-order valence-electron chi connectivity index (χ4n) is 2.19. The molecule has 2 nitrogen and oxygen atoms in total. The smallest absolute Gasteiger partial charge is 0.161 e. The van der Waals surface area contributed by atoms with Crippen LogP contribution in [0, 0.1) is 24.3 Å². The standard InChI is InChI=1S/C16H18ClIN2/c1-5-6-13-14(18)15(17)20-16(19-13)12-8-10(3)9(2)7-11(12)4/h7-8H,5-6H2,1-4H3. The van der Waals surface area contributed by atoms with E-state index >= 15 is 0 Å². The molecule has 1 aromatic heterocycles. The Morgan fingerprint density at radius 1 is 1.05 bits per heavy atom. The second kappa shape index (κ2) is 6.39. The lowest BCUT2D eigenvalue weighted by Gasteiger charge is -2.11. The van der Waals surface area contributed by atoms with Crippen LogP contribution in [-0.2, 0) is 6.42 Å². The molecule has 0 amide bonds. The normalized spacial score (nSPS) is 10.9. The summed E-state index contributed by atoms with van der Waals surface area (Å²) in [4.78, 5) is 9.19. The molecule has 106 valence electrons. The molecule has 0 aliphatic carbocycles. The fraction of sp³-hybridized carbons (Fsp3) is 0.375. The van der Waals surface area contributed by atoms with Gasteiger partial charge in [-0.2, -0.15) is 0 Å². The summed E-state index contributed by atoms with van der Waals surface area (Å²) >= 11 is 8.50. The van der Waals surface area contributed by atoms with Gasteiger partial charge in [0.25, 0.3) is 0 Å². The Hall–Kier alpha value is -0.680. The van der Waals surface area contributed by atoms with E-state index in [1.54, 1.807) is 0 Å². The van der Waals surface area contributed by atoms with E-state index in [1.165, 1.54) is 16.7 Å². The molecule has 0 radical (unpaired) electrons. The first-order chi connectivity index (χ1) is 9.43. The van der Waals surface area contributed by atoms with Crippen LogP contribution in [0.5, 0.6) is 0 Å². The van der Waals surface area contributed by atoms with Crippen LogP contribution in [0.1, 0.15) is 35.7 Å². The van der Waals surface area contributed by atoms with Gasteiger partial charge in [0.05, 0.1) is 9.26 Å². The van der Waals surface area contributed by atoms with Gasteiger partial charge in [-0.3, -0.25) is 0 Å². The van der Waals surface area contributed by atoms with E-state index in [4.69, 9.17) is 16.6 Å².